The molecule has 0 unspecified atom stereocenters. The largest absolute Gasteiger partial charge is 0.456 e. The van der Waals surface area contributed by atoms with Gasteiger partial charge in [0.15, 0.2) is 0 Å². The van der Waals surface area contributed by atoms with Crippen molar-refractivity contribution in [2.24, 2.45) is 0 Å². The maximum atomic E-state index is 13.9. The van der Waals surface area contributed by atoms with E-state index < -0.39 is 0 Å². The Morgan fingerprint density at radius 3 is 1.26 bits per heavy atom. The summed E-state index contributed by atoms with van der Waals surface area (Å²) in [4.78, 5) is 13.9. The van der Waals surface area contributed by atoms with Gasteiger partial charge in [-0.25, -0.2) is 0 Å². The zero-order valence-corrected chi connectivity index (χ0v) is 24.3. The molecule has 4 N–H and O–H groups in total. The molecule has 0 fully saturated rings. The Hall–Kier alpha value is -5.17. The molecule has 9 aromatic rings. The topological polar surface area (TPSA) is 82.2 Å². The van der Waals surface area contributed by atoms with Crippen LogP contribution in [0, 0.1) is 0 Å². The molecule has 6 heteroatoms. The molecule has 0 atom stereocenters. The second kappa shape index (κ2) is 8.91. The van der Waals surface area contributed by atoms with E-state index in [-0.39, 0.29) is 5.43 Å². The van der Waals surface area contributed by atoms with E-state index in [2.05, 4.69) is 48.5 Å². The molecule has 9 rings (SSSR count). The van der Waals surface area contributed by atoms with E-state index >= 15 is 0 Å². The highest BCUT2D eigenvalue weighted by Gasteiger charge is 2.13. The molecule has 0 saturated carbocycles. The summed E-state index contributed by atoms with van der Waals surface area (Å²) in [5.41, 5.74) is 18.8. The number of nitrogens with two attached hydrogens (primary N) is 2. The maximum Gasteiger partial charge on any atom is 0.200 e. The van der Waals surface area contributed by atoms with Crippen molar-refractivity contribution in [3.8, 4) is 22.3 Å². The molecule has 43 heavy (non-hydrogen) atoms. The second-order valence-corrected chi connectivity index (χ2v) is 13.2. The number of fused-ring (bicyclic) bond motifs is 8. The molecule has 0 bridgehead atoms. The van der Waals surface area contributed by atoms with Gasteiger partial charge in [-0.05, 0) is 82.9 Å². The molecule has 0 radical (unpaired) electrons. The summed E-state index contributed by atoms with van der Waals surface area (Å²) in [6, 6.07) is 36.8. The molecule has 0 aliphatic heterocycles. The van der Waals surface area contributed by atoms with Crippen LogP contribution in [-0.2, 0) is 0 Å². The fourth-order valence-electron chi connectivity index (χ4n) is 6.16. The summed E-state index contributed by atoms with van der Waals surface area (Å²) in [5.74, 6) is 0. The number of thiophene rings is 2. The Bertz CT molecular complexity index is 2500. The highest BCUT2D eigenvalue weighted by molar-refractivity contribution is 7.26. The first-order valence-corrected chi connectivity index (χ1v) is 15.6. The monoisotopic (exact) mass is 590 g/mol. The summed E-state index contributed by atoms with van der Waals surface area (Å²) in [6.45, 7) is 0. The molecule has 204 valence electrons. The van der Waals surface area contributed by atoms with Gasteiger partial charge in [-0.2, -0.15) is 0 Å². The van der Waals surface area contributed by atoms with Gasteiger partial charge in [0.25, 0.3) is 0 Å². The predicted molar refractivity (Wildman–Crippen MR) is 185 cm³/mol. The maximum absolute atomic E-state index is 13.9. The minimum Gasteiger partial charge on any atom is -0.456 e. The molecular weight excluding hydrogens is 569 g/mol. The summed E-state index contributed by atoms with van der Waals surface area (Å²) < 4.78 is 10.9. The van der Waals surface area contributed by atoms with E-state index in [0.717, 1.165) is 33.6 Å². The average Bonchev–Trinajstić information content (AvgIpc) is 3.56. The van der Waals surface area contributed by atoms with Crippen molar-refractivity contribution in [3.63, 3.8) is 0 Å². The lowest BCUT2D eigenvalue weighted by Crippen LogP contribution is -2.02. The first kappa shape index (κ1) is 24.4. The third-order valence-corrected chi connectivity index (χ3v) is 10.6. The number of anilines is 2. The first-order valence-electron chi connectivity index (χ1n) is 13.9. The zero-order valence-electron chi connectivity index (χ0n) is 22.7. The van der Waals surface area contributed by atoms with Gasteiger partial charge in [0.1, 0.15) is 11.2 Å². The van der Waals surface area contributed by atoms with E-state index in [4.69, 9.17) is 15.9 Å². The second-order valence-electron chi connectivity index (χ2n) is 11.0. The van der Waals surface area contributed by atoms with Gasteiger partial charge in [0, 0.05) is 51.7 Å². The van der Waals surface area contributed by atoms with Crippen LogP contribution in [-0.4, -0.2) is 0 Å². The van der Waals surface area contributed by atoms with E-state index in [1.807, 2.05) is 60.7 Å². The van der Waals surface area contributed by atoms with Gasteiger partial charge >= 0.3 is 0 Å². The molecule has 0 spiro atoms. The van der Waals surface area contributed by atoms with Gasteiger partial charge in [0.2, 0.25) is 5.43 Å². The lowest BCUT2D eigenvalue weighted by molar-refractivity contribution is 0.660. The summed E-state index contributed by atoms with van der Waals surface area (Å²) >= 11 is 3.46. The van der Waals surface area contributed by atoms with Crippen LogP contribution in [0.3, 0.4) is 0 Å². The SMILES string of the molecule is Nc1ccc2c(c1)sc1cc(-c3ccc4oc5ccc(-c6ccc7c(c6)sc6cc(N)ccc67)cc5c(=O)c4c3)ccc12. The predicted octanol–water partition coefficient (Wildman–Crippen LogP) is 10.2. The van der Waals surface area contributed by atoms with E-state index in [1.54, 1.807) is 22.7 Å². The number of nitrogen functional groups attached to an aromatic ring is 2. The van der Waals surface area contributed by atoms with Crippen molar-refractivity contribution in [1.82, 2.24) is 0 Å². The normalized spacial score (nSPS) is 12.0. The van der Waals surface area contributed by atoms with Crippen molar-refractivity contribution in [3.05, 3.63) is 119 Å². The average molecular weight is 591 g/mol. The quantitative estimate of drug-likeness (QED) is 0.155. The number of benzene rings is 6. The van der Waals surface area contributed by atoms with Gasteiger partial charge in [-0.15, -0.1) is 22.7 Å². The summed E-state index contributed by atoms with van der Waals surface area (Å²) in [5, 5.41) is 5.98. The Morgan fingerprint density at radius 2 is 0.791 bits per heavy atom. The molecule has 3 heterocycles. The minimum atomic E-state index is -0.0308. The van der Waals surface area contributed by atoms with Crippen LogP contribution < -0.4 is 16.9 Å². The van der Waals surface area contributed by atoms with Crippen molar-refractivity contribution in [2.45, 2.75) is 0 Å². The number of hydrogen-bond donors (Lipinski definition) is 2. The summed E-state index contributed by atoms with van der Waals surface area (Å²) in [7, 11) is 0. The molecule has 3 aromatic heterocycles. The molecule has 0 saturated heterocycles. The summed E-state index contributed by atoms with van der Waals surface area (Å²) in [6.07, 6.45) is 0. The third-order valence-electron chi connectivity index (χ3n) is 8.33. The van der Waals surface area contributed by atoms with Crippen LogP contribution in [0.25, 0.3) is 84.5 Å². The smallest absolute Gasteiger partial charge is 0.200 e. The highest BCUT2D eigenvalue weighted by Crippen LogP contribution is 2.39. The zero-order chi connectivity index (χ0) is 28.8. The fraction of sp³-hybridized carbons (Fsp3) is 0. The number of hydrogen-bond acceptors (Lipinski definition) is 6. The minimum absolute atomic E-state index is 0.0308. The van der Waals surface area contributed by atoms with Crippen LogP contribution in [0.4, 0.5) is 11.4 Å². The van der Waals surface area contributed by atoms with Crippen molar-refractivity contribution in [2.75, 3.05) is 11.5 Å². The fourth-order valence-corrected chi connectivity index (χ4v) is 8.55. The molecule has 0 amide bonds. The van der Waals surface area contributed by atoms with Crippen LogP contribution in [0.2, 0.25) is 0 Å². The van der Waals surface area contributed by atoms with Crippen molar-refractivity contribution in [1.29, 1.82) is 0 Å². The van der Waals surface area contributed by atoms with Crippen molar-refractivity contribution < 1.29 is 4.42 Å². The van der Waals surface area contributed by atoms with E-state index in [1.165, 1.54) is 40.3 Å². The van der Waals surface area contributed by atoms with E-state index in [0.29, 0.717) is 21.9 Å². The van der Waals surface area contributed by atoms with Crippen LogP contribution >= 0.6 is 22.7 Å². The van der Waals surface area contributed by atoms with Gasteiger partial charge in [0.05, 0.1) is 10.8 Å². The van der Waals surface area contributed by atoms with Gasteiger partial charge in [-0.1, -0.05) is 48.5 Å². The van der Waals surface area contributed by atoms with Crippen molar-refractivity contribution >= 4 is 96.3 Å². The highest BCUT2D eigenvalue weighted by atomic mass is 32.1. The lowest BCUT2D eigenvalue weighted by atomic mass is 9.99. The van der Waals surface area contributed by atoms with Crippen LogP contribution in [0.1, 0.15) is 0 Å². The standard InChI is InChI=1S/C37H22N2O2S2/c38-23-5-9-27-25-7-1-21(15-33(25)42-35(27)17-23)19-3-11-31-29(13-19)37(40)30-14-20(4-12-32(30)41-31)22-2-8-26-28-10-6-24(39)18-36(28)43-34(26)16-22/h1-18H,38-39H2. The molecular formula is C37H22N2O2S2. The Balaban J connectivity index is 1.16. The van der Waals surface area contributed by atoms with Crippen LogP contribution in [0.15, 0.2) is 118 Å². The Labute approximate surface area is 253 Å². The lowest BCUT2D eigenvalue weighted by Gasteiger charge is -2.08. The molecule has 4 nitrogen and oxygen atoms in total. The molecule has 0 aliphatic carbocycles. The van der Waals surface area contributed by atoms with Gasteiger partial charge < -0.3 is 15.9 Å². The Morgan fingerprint density at radius 1 is 0.419 bits per heavy atom. The first-order chi connectivity index (χ1) is 21.0. The molecule has 6 aromatic carbocycles. The van der Waals surface area contributed by atoms with Crippen LogP contribution in [0.5, 0.6) is 0 Å². The van der Waals surface area contributed by atoms with Gasteiger partial charge in [-0.3, -0.25) is 4.79 Å². The number of rotatable bonds is 2. The third kappa shape index (κ3) is 3.77. The Kier molecular flexibility index (Phi) is 5.06. The van der Waals surface area contributed by atoms with E-state index in [9.17, 15) is 4.79 Å². The molecule has 0 aliphatic rings.